The molecule has 2 aromatic carbocycles. The SMILES string of the molecule is Oc1ccc2[nH]cc(Nc3ccccc3Br)c2c1. The first-order valence-electron chi connectivity index (χ1n) is 5.56. The van der Waals surface area contributed by atoms with Crippen LogP contribution in [0.2, 0.25) is 0 Å². The quantitative estimate of drug-likeness (QED) is 0.658. The van der Waals surface area contributed by atoms with Crippen LogP contribution >= 0.6 is 15.9 Å². The van der Waals surface area contributed by atoms with Crippen molar-refractivity contribution in [1.29, 1.82) is 0 Å². The Hall–Kier alpha value is -1.94. The van der Waals surface area contributed by atoms with Crippen molar-refractivity contribution in [3.63, 3.8) is 0 Å². The number of halogens is 1. The lowest BCUT2D eigenvalue weighted by Crippen LogP contribution is -1.89. The average molecular weight is 303 g/mol. The highest BCUT2D eigenvalue weighted by atomic mass is 79.9. The lowest BCUT2D eigenvalue weighted by atomic mass is 10.2. The Labute approximate surface area is 113 Å². The predicted octanol–water partition coefficient (Wildman–Crippen LogP) is 4.38. The van der Waals surface area contributed by atoms with Crippen molar-refractivity contribution in [2.75, 3.05) is 5.32 Å². The Bertz CT molecular complexity index is 706. The molecule has 0 bridgehead atoms. The van der Waals surface area contributed by atoms with Gasteiger partial charge in [0.1, 0.15) is 5.75 Å². The molecule has 3 rings (SSSR count). The van der Waals surface area contributed by atoms with E-state index in [4.69, 9.17) is 0 Å². The normalized spacial score (nSPS) is 10.7. The molecule has 3 N–H and O–H groups in total. The van der Waals surface area contributed by atoms with Gasteiger partial charge in [0.15, 0.2) is 0 Å². The van der Waals surface area contributed by atoms with E-state index in [1.807, 2.05) is 36.5 Å². The third kappa shape index (κ3) is 1.95. The molecule has 0 unspecified atom stereocenters. The summed E-state index contributed by atoms with van der Waals surface area (Å²) in [7, 11) is 0. The molecule has 0 spiro atoms. The van der Waals surface area contributed by atoms with Gasteiger partial charge in [-0.2, -0.15) is 0 Å². The number of phenols is 1. The number of aromatic nitrogens is 1. The van der Waals surface area contributed by atoms with Gasteiger partial charge in [-0.15, -0.1) is 0 Å². The minimum absolute atomic E-state index is 0.261. The maximum atomic E-state index is 9.54. The van der Waals surface area contributed by atoms with Crippen molar-refractivity contribution < 1.29 is 5.11 Å². The van der Waals surface area contributed by atoms with Crippen LogP contribution in [0.25, 0.3) is 10.9 Å². The van der Waals surface area contributed by atoms with Gasteiger partial charge in [-0.1, -0.05) is 12.1 Å². The molecule has 4 heteroatoms. The van der Waals surface area contributed by atoms with Crippen LogP contribution in [0.5, 0.6) is 5.75 Å². The largest absolute Gasteiger partial charge is 0.508 e. The molecule has 3 nitrogen and oxygen atoms in total. The molecule has 0 amide bonds. The summed E-state index contributed by atoms with van der Waals surface area (Å²) < 4.78 is 1.000. The molecule has 18 heavy (non-hydrogen) atoms. The molecule has 0 fully saturated rings. The highest BCUT2D eigenvalue weighted by Crippen LogP contribution is 2.31. The molecule has 3 aromatic rings. The first kappa shape index (κ1) is 11.2. The minimum atomic E-state index is 0.261. The van der Waals surface area contributed by atoms with E-state index in [1.54, 1.807) is 12.1 Å². The smallest absolute Gasteiger partial charge is 0.116 e. The van der Waals surface area contributed by atoms with Crippen molar-refractivity contribution >= 4 is 38.2 Å². The molecular formula is C14H11BrN2O. The van der Waals surface area contributed by atoms with E-state index in [1.165, 1.54) is 0 Å². The fraction of sp³-hybridized carbons (Fsp3) is 0. The highest BCUT2D eigenvalue weighted by Gasteiger charge is 2.06. The van der Waals surface area contributed by atoms with Crippen LogP contribution in [0.15, 0.2) is 53.1 Å². The number of hydrogen-bond donors (Lipinski definition) is 3. The molecule has 1 heterocycles. The predicted molar refractivity (Wildman–Crippen MR) is 77.4 cm³/mol. The van der Waals surface area contributed by atoms with Crippen LogP contribution in [0.4, 0.5) is 11.4 Å². The van der Waals surface area contributed by atoms with Gasteiger partial charge in [0.05, 0.1) is 11.4 Å². The van der Waals surface area contributed by atoms with E-state index in [0.717, 1.165) is 26.8 Å². The van der Waals surface area contributed by atoms with Gasteiger partial charge >= 0.3 is 0 Å². The Morgan fingerprint density at radius 1 is 1.06 bits per heavy atom. The molecular weight excluding hydrogens is 292 g/mol. The Kier molecular flexibility index (Phi) is 2.72. The summed E-state index contributed by atoms with van der Waals surface area (Å²) in [4.78, 5) is 3.17. The van der Waals surface area contributed by atoms with E-state index in [0.29, 0.717) is 0 Å². The third-order valence-corrected chi connectivity index (χ3v) is 3.50. The number of para-hydroxylation sites is 1. The average Bonchev–Trinajstić information content (AvgIpc) is 2.75. The summed E-state index contributed by atoms with van der Waals surface area (Å²) in [6.07, 6.45) is 1.89. The van der Waals surface area contributed by atoms with Crippen LogP contribution in [-0.2, 0) is 0 Å². The number of fused-ring (bicyclic) bond motifs is 1. The van der Waals surface area contributed by atoms with Crippen molar-refractivity contribution in [1.82, 2.24) is 4.98 Å². The number of phenolic OH excluding ortho intramolecular Hbond substituents is 1. The molecule has 0 atom stereocenters. The molecule has 0 saturated heterocycles. The van der Waals surface area contributed by atoms with Crippen LogP contribution < -0.4 is 5.32 Å². The van der Waals surface area contributed by atoms with E-state index >= 15 is 0 Å². The van der Waals surface area contributed by atoms with Gasteiger partial charge in [-0.3, -0.25) is 0 Å². The topological polar surface area (TPSA) is 48.0 Å². The Morgan fingerprint density at radius 2 is 1.89 bits per heavy atom. The monoisotopic (exact) mass is 302 g/mol. The first-order chi connectivity index (χ1) is 8.74. The van der Waals surface area contributed by atoms with E-state index in [-0.39, 0.29) is 5.75 Å². The van der Waals surface area contributed by atoms with Gasteiger partial charge in [0, 0.05) is 21.6 Å². The number of anilines is 2. The van der Waals surface area contributed by atoms with Crippen LogP contribution in [0, 0.1) is 0 Å². The second kappa shape index (κ2) is 4.38. The fourth-order valence-corrected chi connectivity index (χ4v) is 2.30. The van der Waals surface area contributed by atoms with Gasteiger partial charge in [0.25, 0.3) is 0 Å². The number of rotatable bonds is 2. The lowest BCUT2D eigenvalue weighted by Gasteiger charge is -2.07. The summed E-state index contributed by atoms with van der Waals surface area (Å²) in [5, 5.41) is 13.8. The molecule has 0 radical (unpaired) electrons. The standard InChI is InChI=1S/C14H11BrN2O/c15-11-3-1-2-4-13(11)17-14-8-16-12-6-5-9(18)7-10(12)14/h1-8,16-18H. The molecule has 0 aliphatic rings. The summed E-state index contributed by atoms with van der Waals surface area (Å²) >= 11 is 3.50. The zero-order valence-corrected chi connectivity index (χ0v) is 11.0. The number of hydrogen-bond acceptors (Lipinski definition) is 2. The van der Waals surface area contributed by atoms with E-state index < -0.39 is 0 Å². The van der Waals surface area contributed by atoms with Gasteiger partial charge < -0.3 is 15.4 Å². The molecule has 0 aliphatic carbocycles. The molecule has 0 saturated carbocycles. The number of nitrogens with one attached hydrogen (secondary N) is 2. The van der Waals surface area contributed by atoms with Crippen molar-refractivity contribution in [3.8, 4) is 5.75 Å². The summed E-state index contributed by atoms with van der Waals surface area (Å²) in [5.74, 6) is 0.261. The summed E-state index contributed by atoms with van der Waals surface area (Å²) in [5.41, 5.74) is 2.91. The van der Waals surface area contributed by atoms with Crippen LogP contribution in [0.3, 0.4) is 0 Å². The van der Waals surface area contributed by atoms with Crippen molar-refractivity contribution in [3.05, 3.63) is 53.1 Å². The number of aromatic amines is 1. The molecule has 0 aliphatic heterocycles. The zero-order valence-electron chi connectivity index (χ0n) is 9.44. The fourth-order valence-electron chi connectivity index (χ4n) is 1.92. The lowest BCUT2D eigenvalue weighted by molar-refractivity contribution is 0.476. The number of aromatic hydroxyl groups is 1. The minimum Gasteiger partial charge on any atom is -0.508 e. The number of benzene rings is 2. The summed E-state index contributed by atoms with van der Waals surface area (Å²) in [6, 6.07) is 13.2. The van der Waals surface area contributed by atoms with Crippen molar-refractivity contribution in [2.24, 2.45) is 0 Å². The van der Waals surface area contributed by atoms with Crippen molar-refractivity contribution in [2.45, 2.75) is 0 Å². The number of H-pyrrole nitrogens is 1. The second-order valence-corrected chi connectivity index (χ2v) is 4.89. The van der Waals surface area contributed by atoms with Gasteiger partial charge in [0.2, 0.25) is 0 Å². The maximum Gasteiger partial charge on any atom is 0.116 e. The third-order valence-electron chi connectivity index (χ3n) is 2.81. The summed E-state index contributed by atoms with van der Waals surface area (Å²) in [6.45, 7) is 0. The maximum absolute atomic E-state index is 9.54. The Morgan fingerprint density at radius 3 is 2.72 bits per heavy atom. The van der Waals surface area contributed by atoms with Crippen LogP contribution in [-0.4, -0.2) is 10.1 Å². The zero-order chi connectivity index (χ0) is 12.5. The first-order valence-corrected chi connectivity index (χ1v) is 6.35. The second-order valence-electron chi connectivity index (χ2n) is 4.04. The molecule has 90 valence electrons. The van der Waals surface area contributed by atoms with E-state index in [9.17, 15) is 5.11 Å². The highest BCUT2D eigenvalue weighted by molar-refractivity contribution is 9.10. The van der Waals surface area contributed by atoms with Gasteiger partial charge in [-0.05, 0) is 46.3 Å². The van der Waals surface area contributed by atoms with Crippen LogP contribution in [0.1, 0.15) is 0 Å². The van der Waals surface area contributed by atoms with Gasteiger partial charge in [-0.25, -0.2) is 0 Å². The van der Waals surface area contributed by atoms with E-state index in [2.05, 4.69) is 26.2 Å². The Balaban J connectivity index is 2.05. The molecule has 1 aromatic heterocycles.